The lowest BCUT2D eigenvalue weighted by molar-refractivity contribution is -0.118. The second-order valence-electron chi connectivity index (χ2n) is 7.74. The topological polar surface area (TPSA) is 59.6 Å². The first kappa shape index (κ1) is 22.4. The van der Waals surface area contributed by atoms with Crippen molar-refractivity contribution in [2.24, 2.45) is 0 Å². The summed E-state index contributed by atoms with van der Waals surface area (Å²) in [5, 5.41) is 7.04. The fourth-order valence-corrected chi connectivity index (χ4v) is 3.85. The fourth-order valence-electron chi connectivity index (χ4n) is 3.63. The van der Waals surface area contributed by atoms with Crippen LogP contribution in [0.15, 0.2) is 36.4 Å². The van der Waals surface area contributed by atoms with Crippen LogP contribution in [0.25, 0.3) is 0 Å². The molecule has 0 aliphatic heterocycles. The monoisotopic (exact) mass is 430 g/mol. The van der Waals surface area contributed by atoms with Crippen molar-refractivity contribution in [2.75, 3.05) is 18.5 Å². The molecule has 0 aromatic heterocycles. The first-order valence-corrected chi connectivity index (χ1v) is 11.1. The third-order valence-electron chi connectivity index (χ3n) is 5.29. The number of ether oxygens (including phenoxy) is 2. The molecular formula is C24H31ClN2O3. The summed E-state index contributed by atoms with van der Waals surface area (Å²) in [5.74, 6) is 0.841. The predicted molar refractivity (Wildman–Crippen MR) is 122 cm³/mol. The van der Waals surface area contributed by atoms with Crippen LogP contribution in [0.3, 0.4) is 0 Å². The standard InChI is InChI=1S/C24H31ClN2O3/c1-3-29-22-13-18(15-26-19-7-5-4-6-8-19)21(25)14-23(22)30-16-24(28)27-20-11-9-17(2)10-12-20/h9-14,19,26H,3-8,15-16H2,1-2H3,(H,27,28). The number of nitrogens with one attached hydrogen (secondary N) is 2. The van der Waals surface area contributed by atoms with Crippen molar-refractivity contribution in [1.82, 2.24) is 5.32 Å². The highest BCUT2D eigenvalue weighted by atomic mass is 35.5. The first-order valence-electron chi connectivity index (χ1n) is 10.7. The molecular weight excluding hydrogens is 400 g/mol. The summed E-state index contributed by atoms with van der Waals surface area (Å²) < 4.78 is 11.5. The van der Waals surface area contributed by atoms with Gasteiger partial charge in [0.05, 0.1) is 6.61 Å². The molecule has 0 heterocycles. The van der Waals surface area contributed by atoms with Crippen LogP contribution >= 0.6 is 11.6 Å². The third kappa shape index (κ3) is 6.64. The van der Waals surface area contributed by atoms with Crippen molar-refractivity contribution in [1.29, 1.82) is 0 Å². The van der Waals surface area contributed by atoms with Gasteiger partial charge in [0.15, 0.2) is 18.1 Å². The van der Waals surface area contributed by atoms with E-state index >= 15 is 0 Å². The number of carbonyl (C=O) groups excluding carboxylic acids is 1. The molecule has 1 aliphatic carbocycles. The predicted octanol–water partition coefficient (Wildman–Crippen LogP) is 5.49. The minimum absolute atomic E-state index is 0.121. The van der Waals surface area contributed by atoms with Crippen LogP contribution in [0.5, 0.6) is 11.5 Å². The second kappa shape index (κ2) is 11.2. The molecule has 3 rings (SSSR count). The van der Waals surface area contributed by atoms with Crippen LogP contribution in [-0.2, 0) is 11.3 Å². The van der Waals surface area contributed by atoms with Crippen molar-refractivity contribution in [3.63, 3.8) is 0 Å². The number of hydrogen-bond donors (Lipinski definition) is 2. The van der Waals surface area contributed by atoms with Gasteiger partial charge in [0.1, 0.15) is 0 Å². The van der Waals surface area contributed by atoms with Crippen molar-refractivity contribution in [2.45, 2.75) is 58.5 Å². The van der Waals surface area contributed by atoms with E-state index in [9.17, 15) is 4.79 Å². The van der Waals surface area contributed by atoms with Crippen LogP contribution in [0, 0.1) is 6.92 Å². The van der Waals surface area contributed by atoms with Crippen LogP contribution in [-0.4, -0.2) is 25.2 Å². The summed E-state index contributed by atoms with van der Waals surface area (Å²) in [4.78, 5) is 12.2. The highest BCUT2D eigenvalue weighted by Gasteiger charge is 2.16. The van der Waals surface area contributed by atoms with Gasteiger partial charge in [-0.2, -0.15) is 0 Å². The summed E-state index contributed by atoms with van der Waals surface area (Å²) >= 11 is 6.50. The molecule has 5 nitrogen and oxygen atoms in total. The first-order chi connectivity index (χ1) is 14.5. The average molecular weight is 431 g/mol. The molecule has 1 aliphatic rings. The van der Waals surface area contributed by atoms with Gasteiger partial charge < -0.3 is 20.1 Å². The van der Waals surface area contributed by atoms with Crippen molar-refractivity contribution in [3.8, 4) is 11.5 Å². The number of benzene rings is 2. The van der Waals surface area contributed by atoms with Gasteiger partial charge in [-0.05, 0) is 50.5 Å². The zero-order chi connectivity index (χ0) is 21.3. The Kier molecular flexibility index (Phi) is 8.40. The number of aryl methyl sites for hydroxylation is 1. The Hall–Kier alpha value is -2.24. The maximum Gasteiger partial charge on any atom is 0.262 e. The number of hydrogen-bond acceptors (Lipinski definition) is 4. The smallest absolute Gasteiger partial charge is 0.262 e. The second-order valence-corrected chi connectivity index (χ2v) is 8.15. The molecule has 1 saturated carbocycles. The van der Waals surface area contributed by atoms with E-state index in [1.165, 1.54) is 32.1 Å². The maximum atomic E-state index is 12.2. The lowest BCUT2D eigenvalue weighted by Gasteiger charge is -2.23. The quantitative estimate of drug-likeness (QED) is 0.552. The summed E-state index contributed by atoms with van der Waals surface area (Å²) in [6.45, 7) is 5.00. The summed E-state index contributed by atoms with van der Waals surface area (Å²) in [7, 11) is 0. The molecule has 0 spiro atoms. The van der Waals surface area contributed by atoms with E-state index in [1.807, 2.05) is 44.2 Å². The van der Waals surface area contributed by atoms with Crippen molar-refractivity contribution >= 4 is 23.2 Å². The van der Waals surface area contributed by atoms with Crippen LogP contribution in [0.1, 0.15) is 50.2 Å². The largest absolute Gasteiger partial charge is 0.490 e. The fraction of sp³-hybridized carbons (Fsp3) is 0.458. The average Bonchev–Trinajstić information content (AvgIpc) is 2.75. The highest BCUT2D eigenvalue weighted by Crippen LogP contribution is 2.34. The molecule has 2 aromatic rings. The van der Waals surface area contributed by atoms with E-state index in [0.29, 0.717) is 35.7 Å². The zero-order valence-electron chi connectivity index (χ0n) is 17.8. The summed E-state index contributed by atoms with van der Waals surface area (Å²) in [5.41, 5.74) is 2.85. The Morgan fingerprint density at radius 1 is 1.07 bits per heavy atom. The van der Waals surface area contributed by atoms with E-state index < -0.39 is 0 Å². The lowest BCUT2D eigenvalue weighted by Crippen LogP contribution is -2.30. The number of halogens is 1. The van der Waals surface area contributed by atoms with Gasteiger partial charge in [-0.3, -0.25) is 4.79 Å². The molecule has 0 saturated heterocycles. The van der Waals surface area contributed by atoms with E-state index in [4.69, 9.17) is 21.1 Å². The Morgan fingerprint density at radius 3 is 2.47 bits per heavy atom. The lowest BCUT2D eigenvalue weighted by atomic mass is 9.95. The van der Waals surface area contributed by atoms with E-state index in [1.54, 1.807) is 6.07 Å². The zero-order valence-corrected chi connectivity index (χ0v) is 18.6. The SMILES string of the molecule is CCOc1cc(CNC2CCCCC2)c(Cl)cc1OCC(=O)Nc1ccc(C)cc1. The van der Waals surface area contributed by atoms with Gasteiger partial charge in [-0.15, -0.1) is 0 Å². The Labute approximate surface area is 184 Å². The molecule has 0 radical (unpaired) electrons. The molecule has 6 heteroatoms. The van der Waals surface area contributed by atoms with Gasteiger partial charge in [-0.25, -0.2) is 0 Å². The molecule has 1 amide bonds. The minimum atomic E-state index is -0.236. The minimum Gasteiger partial charge on any atom is -0.490 e. The van der Waals surface area contributed by atoms with Gasteiger partial charge in [0, 0.05) is 29.4 Å². The van der Waals surface area contributed by atoms with Gasteiger partial charge in [0.2, 0.25) is 0 Å². The summed E-state index contributed by atoms with van der Waals surface area (Å²) in [6.07, 6.45) is 6.33. The van der Waals surface area contributed by atoms with Crippen LogP contribution in [0.2, 0.25) is 5.02 Å². The molecule has 1 fully saturated rings. The molecule has 2 aromatic carbocycles. The molecule has 0 unspecified atom stereocenters. The Balaban J connectivity index is 1.60. The van der Waals surface area contributed by atoms with Gasteiger partial charge >= 0.3 is 0 Å². The molecule has 2 N–H and O–H groups in total. The number of carbonyl (C=O) groups is 1. The third-order valence-corrected chi connectivity index (χ3v) is 5.64. The molecule has 30 heavy (non-hydrogen) atoms. The van der Waals surface area contributed by atoms with E-state index in [0.717, 1.165) is 16.8 Å². The van der Waals surface area contributed by atoms with E-state index in [-0.39, 0.29) is 12.5 Å². The van der Waals surface area contributed by atoms with Gasteiger partial charge in [0.25, 0.3) is 5.91 Å². The molecule has 0 atom stereocenters. The number of anilines is 1. The Bertz CT molecular complexity index is 833. The summed E-state index contributed by atoms with van der Waals surface area (Å²) in [6, 6.07) is 11.8. The molecule has 162 valence electrons. The van der Waals surface area contributed by atoms with Crippen molar-refractivity contribution < 1.29 is 14.3 Å². The maximum absolute atomic E-state index is 12.2. The number of amides is 1. The van der Waals surface area contributed by atoms with E-state index in [2.05, 4.69) is 10.6 Å². The van der Waals surface area contributed by atoms with Crippen LogP contribution in [0.4, 0.5) is 5.69 Å². The number of rotatable bonds is 9. The highest BCUT2D eigenvalue weighted by molar-refractivity contribution is 6.31. The Morgan fingerprint density at radius 2 is 1.77 bits per heavy atom. The van der Waals surface area contributed by atoms with Crippen LogP contribution < -0.4 is 20.1 Å². The van der Waals surface area contributed by atoms with Gasteiger partial charge in [-0.1, -0.05) is 48.6 Å². The molecule has 0 bridgehead atoms. The normalized spacial score (nSPS) is 14.4. The van der Waals surface area contributed by atoms with Crippen molar-refractivity contribution in [3.05, 3.63) is 52.5 Å².